The van der Waals surface area contributed by atoms with Gasteiger partial charge in [0, 0.05) is 36.2 Å². The maximum absolute atomic E-state index is 12.4. The number of thioether (sulfide) groups is 1. The van der Waals surface area contributed by atoms with Crippen molar-refractivity contribution in [1.29, 1.82) is 0 Å². The number of benzene rings is 1. The predicted octanol–water partition coefficient (Wildman–Crippen LogP) is 1.53. The number of rotatable bonds is 5. The number of hydrogen-bond donors (Lipinski definition) is 1. The van der Waals surface area contributed by atoms with Gasteiger partial charge in [0.05, 0.1) is 10.6 Å². The fourth-order valence-corrected chi connectivity index (χ4v) is 4.80. The van der Waals surface area contributed by atoms with Crippen LogP contribution in [0.15, 0.2) is 29.2 Å². The number of thiocarbonyl (C=S) groups is 1. The molecule has 21 heavy (non-hydrogen) atoms. The summed E-state index contributed by atoms with van der Waals surface area (Å²) < 4.78 is 24.9. The summed E-state index contributed by atoms with van der Waals surface area (Å²) in [6, 6.07) is 7.01. The zero-order valence-corrected chi connectivity index (χ0v) is 14.4. The lowest BCUT2D eigenvalue weighted by molar-refractivity contribution is 0.246. The van der Waals surface area contributed by atoms with E-state index < -0.39 is 9.84 Å². The van der Waals surface area contributed by atoms with E-state index in [0.717, 1.165) is 18.1 Å². The van der Waals surface area contributed by atoms with Gasteiger partial charge in [0.2, 0.25) is 0 Å². The van der Waals surface area contributed by atoms with Gasteiger partial charge in [-0.2, -0.15) is 11.8 Å². The molecule has 1 aromatic carbocycles. The van der Waals surface area contributed by atoms with Crippen LogP contribution in [-0.4, -0.2) is 54.7 Å². The molecule has 1 atom stereocenters. The highest BCUT2D eigenvalue weighted by Gasteiger charge is 2.22. The van der Waals surface area contributed by atoms with Crippen LogP contribution in [-0.2, 0) is 9.84 Å². The van der Waals surface area contributed by atoms with Crippen LogP contribution in [0.4, 0.5) is 0 Å². The predicted molar refractivity (Wildman–Crippen MR) is 92.7 cm³/mol. The Hall–Kier alpha value is -0.630. The molecule has 0 amide bonds. The van der Waals surface area contributed by atoms with E-state index in [1.165, 1.54) is 0 Å². The van der Waals surface area contributed by atoms with Gasteiger partial charge in [-0.1, -0.05) is 24.4 Å². The number of sulfone groups is 1. The second-order valence-electron chi connectivity index (χ2n) is 5.17. The number of nitrogens with two attached hydrogens (primary N) is 1. The summed E-state index contributed by atoms with van der Waals surface area (Å²) in [5, 5.41) is 0. The van der Waals surface area contributed by atoms with Crippen LogP contribution >= 0.6 is 24.0 Å². The normalized spacial score (nSPS) is 20.3. The van der Waals surface area contributed by atoms with Gasteiger partial charge in [-0.25, -0.2) is 8.42 Å². The van der Waals surface area contributed by atoms with Crippen molar-refractivity contribution >= 4 is 38.8 Å². The molecule has 1 fully saturated rings. The lowest BCUT2D eigenvalue weighted by Crippen LogP contribution is -2.42. The summed E-state index contributed by atoms with van der Waals surface area (Å²) in [6.07, 6.45) is 0. The van der Waals surface area contributed by atoms with Crippen LogP contribution in [0, 0.1) is 0 Å². The molecule has 7 heteroatoms. The Morgan fingerprint density at radius 2 is 2.29 bits per heavy atom. The van der Waals surface area contributed by atoms with Gasteiger partial charge >= 0.3 is 0 Å². The molecule has 0 radical (unpaired) electrons. The second kappa shape index (κ2) is 7.09. The summed E-state index contributed by atoms with van der Waals surface area (Å²) in [6.45, 7) is 3.67. The molecule has 2 N–H and O–H groups in total. The Kier molecular flexibility index (Phi) is 5.65. The number of hydrogen-bond acceptors (Lipinski definition) is 5. The Morgan fingerprint density at radius 3 is 2.95 bits per heavy atom. The minimum absolute atomic E-state index is 0.128. The lowest BCUT2D eigenvalue weighted by Gasteiger charge is -2.32. The van der Waals surface area contributed by atoms with Crippen molar-refractivity contribution in [2.45, 2.75) is 17.9 Å². The van der Waals surface area contributed by atoms with Gasteiger partial charge < -0.3 is 5.73 Å². The molecule has 1 saturated heterocycles. The van der Waals surface area contributed by atoms with Gasteiger partial charge in [-0.3, -0.25) is 4.90 Å². The van der Waals surface area contributed by atoms with Crippen LogP contribution in [0.5, 0.6) is 0 Å². The van der Waals surface area contributed by atoms with E-state index in [2.05, 4.69) is 11.8 Å². The third kappa shape index (κ3) is 4.42. The average Bonchev–Trinajstić information content (AvgIpc) is 2.46. The molecule has 1 aliphatic rings. The molecule has 0 saturated carbocycles. The van der Waals surface area contributed by atoms with Crippen molar-refractivity contribution < 1.29 is 8.42 Å². The minimum Gasteiger partial charge on any atom is -0.389 e. The molecule has 0 aliphatic carbocycles. The standard InChI is InChI=1S/C14H20N2O2S3/c1-11-10-20-7-5-16(11)6-8-21(17,18)13-4-2-3-12(9-13)14(15)19/h2-4,9,11H,5-8,10H2,1H3,(H2,15,19). The first kappa shape index (κ1) is 16.7. The quantitative estimate of drug-likeness (QED) is 0.818. The molecule has 116 valence electrons. The largest absolute Gasteiger partial charge is 0.389 e. The van der Waals surface area contributed by atoms with Crippen molar-refractivity contribution in [3.05, 3.63) is 29.8 Å². The van der Waals surface area contributed by atoms with Crippen LogP contribution in [0.3, 0.4) is 0 Å². The minimum atomic E-state index is -3.30. The monoisotopic (exact) mass is 344 g/mol. The van der Waals surface area contributed by atoms with Crippen LogP contribution in [0.1, 0.15) is 12.5 Å². The van der Waals surface area contributed by atoms with Gasteiger partial charge in [-0.15, -0.1) is 0 Å². The molecule has 1 unspecified atom stereocenters. The molecule has 1 aromatic rings. The van der Waals surface area contributed by atoms with Crippen molar-refractivity contribution in [1.82, 2.24) is 4.90 Å². The molecule has 0 aromatic heterocycles. The Bertz CT molecular complexity index is 616. The lowest BCUT2D eigenvalue weighted by atomic mass is 10.2. The average molecular weight is 345 g/mol. The van der Waals surface area contributed by atoms with E-state index in [9.17, 15) is 8.42 Å². The molecule has 4 nitrogen and oxygen atoms in total. The fourth-order valence-electron chi connectivity index (χ4n) is 2.29. The van der Waals surface area contributed by atoms with Crippen molar-refractivity contribution in [3.63, 3.8) is 0 Å². The SMILES string of the molecule is CC1CSCCN1CCS(=O)(=O)c1cccc(C(N)=S)c1. The van der Waals surface area contributed by atoms with Gasteiger partial charge in [-0.05, 0) is 19.1 Å². The van der Waals surface area contributed by atoms with Gasteiger partial charge in [0.25, 0.3) is 0 Å². The van der Waals surface area contributed by atoms with Gasteiger partial charge in [0.15, 0.2) is 9.84 Å². The van der Waals surface area contributed by atoms with Crippen LogP contribution in [0.25, 0.3) is 0 Å². The van der Waals surface area contributed by atoms with Gasteiger partial charge in [0.1, 0.15) is 4.99 Å². The van der Waals surface area contributed by atoms with E-state index in [-0.39, 0.29) is 10.7 Å². The molecule has 2 rings (SSSR count). The van der Waals surface area contributed by atoms with E-state index >= 15 is 0 Å². The van der Waals surface area contributed by atoms with Crippen molar-refractivity contribution in [2.24, 2.45) is 5.73 Å². The summed E-state index contributed by atoms with van der Waals surface area (Å²) in [7, 11) is -3.30. The fraction of sp³-hybridized carbons (Fsp3) is 0.500. The molecule has 1 aliphatic heterocycles. The Labute approximate surface area is 136 Å². The highest BCUT2D eigenvalue weighted by atomic mass is 32.2. The highest BCUT2D eigenvalue weighted by Crippen LogP contribution is 2.18. The zero-order chi connectivity index (χ0) is 15.5. The first-order valence-electron chi connectivity index (χ1n) is 6.84. The summed E-state index contributed by atoms with van der Waals surface area (Å²) in [4.78, 5) is 2.76. The third-order valence-corrected chi connectivity index (χ3v) is 6.75. The van der Waals surface area contributed by atoms with Crippen molar-refractivity contribution in [3.8, 4) is 0 Å². The summed E-state index contributed by atoms with van der Waals surface area (Å²) in [5.41, 5.74) is 6.15. The smallest absolute Gasteiger partial charge is 0.179 e. The first-order chi connectivity index (χ1) is 9.90. The first-order valence-corrected chi connectivity index (χ1v) is 10.1. The molecule has 0 spiro atoms. The zero-order valence-electron chi connectivity index (χ0n) is 12.0. The molecule has 0 bridgehead atoms. The Morgan fingerprint density at radius 1 is 1.52 bits per heavy atom. The molecular formula is C14H20N2O2S3. The van der Waals surface area contributed by atoms with E-state index in [1.807, 2.05) is 11.8 Å². The summed E-state index contributed by atoms with van der Waals surface area (Å²) in [5.74, 6) is 2.26. The summed E-state index contributed by atoms with van der Waals surface area (Å²) >= 11 is 6.82. The Balaban J connectivity index is 2.07. The molecular weight excluding hydrogens is 324 g/mol. The maximum Gasteiger partial charge on any atom is 0.179 e. The topological polar surface area (TPSA) is 63.4 Å². The number of nitrogens with zero attached hydrogens (tertiary/aromatic N) is 1. The second-order valence-corrected chi connectivity index (χ2v) is 8.87. The molecule has 1 heterocycles. The van der Waals surface area contributed by atoms with E-state index in [1.54, 1.807) is 24.3 Å². The van der Waals surface area contributed by atoms with E-state index in [0.29, 0.717) is 23.0 Å². The highest BCUT2D eigenvalue weighted by molar-refractivity contribution is 7.99. The maximum atomic E-state index is 12.4. The van der Waals surface area contributed by atoms with Crippen molar-refractivity contribution in [2.75, 3.05) is 30.3 Å². The third-order valence-electron chi connectivity index (χ3n) is 3.63. The van der Waals surface area contributed by atoms with Crippen LogP contribution < -0.4 is 5.73 Å². The van der Waals surface area contributed by atoms with E-state index in [4.69, 9.17) is 18.0 Å². The van der Waals surface area contributed by atoms with Crippen LogP contribution in [0.2, 0.25) is 0 Å².